The molecule has 0 saturated heterocycles. The molecule has 4 aliphatic carbocycles. The number of hydrogen-bond donors (Lipinski definition) is 0. The number of rotatable bonds is 3. The first kappa shape index (κ1) is 36.1. The molecule has 3 nitrogen and oxygen atoms in total. The highest BCUT2D eigenvalue weighted by Gasteiger charge is 2.57. The molecule has 0 amide bonds. The maximum atomic E-state index is 9.24. The van der Waals surface area contributed by atoms with Crippen molar-refractivity contribution in [1.29, 1.82) is 0 Å². The highest BCUT2D eigenvalue weighted by molar-refractivity contribution is 7.26. The van der Waals surface area contributed by atoms with E-state index in [0.29, 0.717) is 17.4 Å². The molecule has 3 atom stereocenters. The maximum absolute atomic E-state index is 9.24. The van der Waals surface area contributed by atoms with Gasteiger partial charge in [-0.3, -0.25) is 0 Å². The molecule has 9 aromatic rings. The van der Waals surface area contributed by atoms with Crippen LogP contribution in [0.3, 0.4) is 0 Å². The molecule has 0 N–H and O–H groups in total. The Bertz CT molecular complexity index is 3700. The van der Waals surface area contributed by atoms with Crippen molar-refractivity contribution in [3.05, 3.63) is 161 Å². The van der Waals surface area contributed by atoms with Gasteiger partial charge >= 0.3 is 0 Å². The molecule has 7 aromatic carbocycles. The second-order valence-corrected chi connectivity index (χ2v) is 23.1. The largest absolute Gasteiger partial charge is 0.468 e. The lowest BCUT2D eigenvalue weighted by Crippen LogP contribution is -2.61. The van der Waals surface area contributed by atoms with E-state index in [-0.39, 0.29) is 17.5 Å². The quantitative estimate of drug-likeness (QED) is 0.165. The van der Waals surface area contributed by atoms with Crippen molar-refractivity contribution < 1.29 is 8.53 Å². The van der Waals surface area contributed by atoms with Crippen molar-refractivity contribution in [2.24, 2.45) is 11.8 Å². The van der Waals surface area contributed by atoms with E-state index in [4.69, 9.17) is 4.42 Å². The van der Waals surface area contributed by atoms with Crippen molar-refractivity contribution in [1.82, 2.24) is 0 Å². The molecule has 3 unspecified atom stereocenters. The Kier molecular flexibility index (Phi) is 7.42. The molecule has 67 heavy (non-hydrogen) atoms. The van der Waals surface area contributed by atoms with Crippen LogP contribution in [-0.2, 0) is 10.8 Å². The van der Waals surface area contributed by atoms with Crippen LogP contribution in [0.25, 0.3) is 42.3 Å². The summed E-state index contributed by atoms with van der Waals surface area (Å²) in [4.78, 5) is 4.89. The summed E-state index contributed by atoms with van der Waals surface area (Å²) in [6.07, 6.45) is 11.3. The van der Waals surface area contributed by atoms with Crippen LogP contribution < -0.4 is 26.4 Å². The Morgan fingerprint density at radius 2 is 1.51 bits per heavy atom. The number of fused-ring (bicyclic) bond motifs is 17. The van der Waals surface area contributed by atoms with Gasteiger partial charge in [-0.2, -0.15) is 0 Å². The molecule has 6 aliphatic rings. The van der Waals surface area contributed by atoms with Gasteiger partial charge in [-0.1, -0.05) is 125 Å². The predicted octanol–water partition coefficient (Wildman–Crippen LogP) is 15.6. The van der Waals surface area contributed by atoms with Crippen LogP contribution in [0.5, 0.6) is 0 Å². The first-order valence-electron chi connectivity index (χ1n) is 26.6. The minimum absolute atomic E-state index is 0.00919. The monoisotopic (exact) mass is 889 g/mol. The molecule has 15 rings (SSSR count). The van der Waals surface area contributed by atoms with Crippen molar-refractivity contribution >= 4 is 99.9 Å². The molecule has 5 heteroatoms. The number of nitrogens with zero attached hydrogens (tertiary/aromatic N) is 2. The molecule has 2 aliphatic heterocycles. The van der Waals surface area contributed by atoms with Crippen LogP contribution in [0.15, 0.2) is 138 Å². The minimum Gasteiger partial charge on any atom is -0.468 e. The lowest BCUT2D eigenvalue weighted by Gasteiger charge is -2.43. The first-order chi connectivity index (χ1) is 33.9. The summed E-state index contributed by atoms with van der Waals surface area (Å²) < 4.78 is 37.5. The van der Waals surface area contributed by atoms with E-state index in [9.17, 15) is 4.11 Å². The van der Waals surface area contributed by atoms with Gasteiger partial charge in [0.15, 0.2) is 0 Å². The molecule has 4 heterocycles. The molecular formula is C62H55BN2OS. The van der Waals surface area contributed by atoms with Gasteiger partial charge in [-0.25, -0.2) is 0 Å². The highest BCUT2D eigenvalue weighted by Crippen LogP contribution is 2.66. The summed E-state index contributed by atoms with van der Waals surface area (Å²) in [6.45, 7) is 4.15. The Labute approximate surface area is 402 Å². The van der Waals surface area contributed by atoms with E-state index in [1.807, 2.05) is 23.5 Å². The van der Waals surface area contributed by atoms with Gasteiger partial charge in [-0.05, 0) is 167 Å². The van der Waals surface area contributed by atoms with Gasteiger partial charge in [0.2, 0.25) is 0 Å². The van der Waals surface area contributed by atoms with Gasteiger partial charge in [-0.15, -0.1) is 11.3 Å². The fourth-order valence-corrected chi connectivity index (χ4v) is 15.8. The Morgan fingerprint density at radius 3 is 2.34 bits per heavy atom. The third-order valence-corrected chi connectivity index (χ3v) is 18.8. The summed E-state index contributed by atoms with van der Waals surface area (Å²) in [6, 6.07) is 49.9. The van der Waals surface area contributed by atoms with Gasteiger partial charge in [0.05, 0.1) is 21.7 Å². The van der Waals surface area contributed by atoms with Crippen LogP contribution in [-0.4, -0.2) is 6.71 Å². The molecular weight excluding hydrogens is 832 g/mol. The molecule has 1 spiro atoms. The summed E-state index contributed by atoms with van der Waals surface area (Å²) in [5.41, 5.74) is 18.7. The van der Waals surface area contributed by atoms with E-state index in [0.717, 1.165) is 62.1 Å². The standard InChI is InChI=1S/C62H55BN2OS/c1-36-29-53-57-54(30-36)65(51-19-12-17-46-45-16-9-11-20-56(45)67-59(46)51)58-47-33-40(61(2,3)4)24-28-55(47)66-60(58)63(57)50-27-22-39(38-13-6-5-7-14-38)32-52(50)64(53)42-25-26-44-43-15-8-10-18-48(43)62(49(44)34-42)35-37-21-23-41(62)31-37/h8-12,15-20,22,24-30,32-34,37-38,41H,5-7,13-14,21,23,31,35H2,1-4H3/i1D3. The number of anilines is 6. The average Bonchev–Trinajstić information content (AvgIpc) is 4.21. The van der Waals surface area contributed by atoms with Crippen LogP contribution in [0.4, 0.5) is 34.1 Å². The zero-order valence-electron chi connectivity index (χ0n) is 41.6. The molecule has 328 valence electrons. The van der Waals surface area contributed by atoms with Crippen molar-refractivity contribution in [3.63, 3.8) is 0 Å². The second kappa shape index (κ2) is 13.8. The lowest BCUT2D eigenvalue weighted by atomic mass is 9.35. The van der Waals surface area contributed by atoms with Crippen LogP contribution in [0, 0.1) is 18.7 Å². The van der Waals surface area contributed by atoms with Crippen molar-refractivity contribution in [3.8, 4) is 11.1 Å². The third-order valence-electron chi connectivity index (χ3n) is 17.5. The second-order valence-electron chi connectivity index (χ2n) is 22.0. The van der Waals surface area contributed by atoms with Crippen LogP contribution in [0.2, 0.25) is 0 Å². The Hall–Kier alpha value is -6.04. The molecule has 3 fully saturated rings. The third kappa shape index (κ3) is 5.30. The van der Waals surface area contributed by atoms with Crippen molar-refractivity contribution in [2.45, 2.75) is 102 Å². The Balaban J connectivity index is 1.05. The van der Waals surface area contributed by atoms with E-state index < -0.39 is 6.85 Å². The normalized spacial score (nSPS) is 22.3. The van der Waals surface area contributed by atoms with E-state index in [1.54, 1.807) is 0 Å². The zero-order chi connectivity index (χ0) is 47.0. The molecule has 0 radical (unpaired) electrons. The molecule has 3 saturated carbocycles. The molecule has 2 aromatic heterocycles. The van der Waals surface area contributed by atoms with Gasteiger partial charge in [0.25, 0.3) is 6.71 Å². The Morgan fingerprint density at radius 1 is 0.687 bits per heavy atom. The number of thiophene rings is 1. The van der Waals surface area contributed by atoms with E-state index >= 15 is 0 Å². The van der Waals surface area contributed by atoms with Gasteiger partial charge < -0.3 is 14.2 Å². The smallest absolute Gasteiger partial charge is 0.297 e. The lowest BCUT2D eigenvalue weighted by molar-refractivity contribution is 0.327. The van der Waals surface area contributed by atoms with Gasteiger partial charge in [0.1, 0.15) is 5.58 Å². The SMILES string of the molecule is [2H]C([2H])([2H])c1cc2c3c(c1)N(c1cccc4c1sc1ccccc14)c1c(oc4ccc(C(C)(C)C)cc14)B3c1ccc(C3CCCCC3)cc1N2c1ccc2c(c1)C1(CC3CCC1C3)c1ccccc1-2. The summed E-state index contributed by atoms with van der Waals surface area (Å²) >= 11 is 1.81. The number of benzene rings is 7. The fourth-order valence-electron chi connectivity index (χ4n) is 14.6. The summed E-state index contributed by atoms with van der Waals surface area (Å²) in [7, 11) is 0. The van der Waals surface area contributed by atoms with Crippen LogP contribution in [0.1, 0.15) is 116 Å². The number of hydrogen-bond acceptors (Lipinski definition) is 4. The fraction of sp³-hybridized carbons (Fsp3) is 0.290. The highest BCUT2D eigenvalue weighted by atomic mass is 32.1. The predicted molar refractivity (Wildman–Crippen MR) is 284 cm³/mol. The first-order valence-corrected chi connectivity index (χ1v) is 25.9. The summed E-state index contributed by atoms with van der Waals surface area (Å²) in [5.74, 6) is 1.85. The maximum Gasteiger partial charge on any atom is 0.297 e. The average molecular weight is 890 g/mol. The van der Waals surface area contributed by atoms with Crippen LogP contribution >= 0.6 is 11.3 Å². The van der Waals surface area contributed by atoms with Gasteiger partial charge in [0, 0.05) is 53.1 Å². The van der Waals surface area contributed by atoms with E-state index in [1.165, 1.54) is 117 Å². The topological polar surface area (TPSA) is 19.6 Å². The zero-order valence-corrected chi connectivity index (χ0v) is 39.4. The minimum atomic E-state index is -2.38. The number of furan rings is 1. The van der Waals surface area contributed by atoms with Crippen molar-refractivity contribution in [2.75, 3.05) is 9.80 Å². The van der Waals surface area contributed by atoms with E-state index in [2.05, 4.69) is 152 Å². The number of aryl methyl sites for hydroxylation is 1. The summed E-state index contributed by atoms with van der Waals surface area (Å²) in [5, 5.41) is 3.47. The molecule has 2 bridgehead atoms.